The molecule has 4 nitrogen and oxygen atoms in total. The van der Waals surface area contributed by atoms with Gasteiger partial charge in [0.2, 0.25) is 0 Å². The number of fused-ring (bicyclic) bond motifs is 7. The molecule has 2 spiro atoms. The van der Waals surface area contributed by atoms with Crippen LogP contribution in [0.4, 0.5) is 5.69 Å². The van der Waals surface area contributed by atoms with Crippen molar-refractivity contribution in [3.05, 3.63) is 135 Å². The van der Waals surface area contributed by atoms with Crippen molar-refractivity contribution in [3.8, 4) is 0 Å². The number of nitrogens with zero attached hydrogens (tertiary/aromatic N) is 2. The molecule has 0 aromatic heterocycles. The lowest BCUT2D eigenvalue weighted by molar-refractivity contribution is -0.137. The van der Waals surface area contributed by atoms with Crippen LogP contribution in [0.1, 0.15) is 46.6 Å². The standard InChI is InChI=1S/C36H28Cl2N2O2/c1-39-30-10-5-4-9-29(30)36(34(39)42)35(32(31-11-6-20-40(31)36)23-14-18-25(38)19-15-23)28-8-3-2-7-26(28)27(33(35)41)21-22-12-16-24(37)17-13-22/h2-5,7-10,12-19,21,31-32H,6,11,20H2,1H3/b27-21+/t31-,32-,35-,36+/m0/s1. The maximum atomic E-state index is 15.6. The number of rotatable bonds is 2. The minimum absolute atomic E-state index is 0.00145. The summed E-state index contributed by atoms with van der Waals surface area (Å²) >= 11 is 12.6. The number of para-hydroxylation sites is 1. The highest BCUT2D eigenvalue weighted by molar-refractivity contribution is 6.36. The van der Waals surface area contributed by atoms with E-state index in [1.165, 1.54) is 0 Å². The summed E-state index contributed by atoms with van der Waals surface area (Å²) in [5.74, 6) is -0.306. The number of benzene rings is 4. The number of amides is 1. The molecule has 208 valence electrons. The average Bonchev–Trinajstić information content (AvgIpc) is 3.70. The molecule has 4 aromatic carbocycles. The van der Waals surface area contributed by atoms with E-state index in [-0.39, 0.29) is 23.7 Å². The Morgan fingerprint density at radius 1 is 0.810 bits per heavy atom. The van der Waals surface area contributed by atoms with Crippen LogP contribution in [0, 0.1) is 0 Å². The third-order valence-corrected chi connectivity index (χ3v) is 10.6. The summed E-state index contributed by atoms with van der Waals surface area (Å²) < 4.78 is 0. The third-order valence-electron chi connectivity index (χ3n) is 10.1. The molecule has 42 heavy (non-hydrogen) atoms. The summed E-state index contributed by atoms with van der Waals surface area (Å²) in [5, 5.41) is 1.29. The minimum Gasteiger partial charge on any atom is -0.313 e. The second-order valence-electron chi connectivity index (χ2n) is 11.8. The van der Waals surface area contributed by atoms with Crippen LogP contribution in [-0.4, -0.2) is 36.2 Å². The van der Waals surface area contributed by atoms with E-state index >= 15 is 9.59 Å². The fourth-order valence-electron chi connectivity index (χ4n) is 8.69. The first-order valence-corrected chi connectivity index (χ1v) is 15.2. The Hall–Kier alpha value is -3.70. The van der Waals surface area contributed by atoms with Crippen molar-refractivity contribution in [1.82, 2.24) is 4.90 Å². The number of allylic oxidation sites excluding steroid dienone is 1. The predicted molar refractivity (Wildman–Crippen MR) is 168 cm³/mol. The van der Waals surface area contributed by atoms with Crippen molar-refractivity contribution in [1.29, 1.82) is 0 Å². The largest absolute Gasteiger partial charge is 0.313 e. The lowest BCUT2D eigenvalue weighted by Crippen LogP contribution is -2.61. The first-order chi connectivity index (χ1) is 20.4. The van der Waals surface area contributed by atoms with Gasteiger partial charge in [0, 0.05) is 45.9 Å². The van der Waals surface area contributed by atoms with Crippen molar-refractivity contribution >= 4 is 52.2 Å². The SMILES string of the molecule is CN1C(=O)[C@@]2(c3ccccc31)N1CCC[C@H]1[C@H](c1ccc(Cl)cc1)[C@@]21C(=O)/C(=C/c2ccc(Cl)cc2)c2ccccc21. The Balaban J connectivity index is 1.51. The smallest absolute Gasteiger partial charge is 0.253 e. The Kier molecular flexibility index (Phi) is 5.66. The molecule has 1 aliphatic carbocycles. The normalized spacial score (nSPS) is 28.7. The van der Waals surface area contributed by atoms with E-state index < -0.39 is 11.0 Å². The summed E-state index contributed by atoms with van der Waals surface area (Å²) in [7, 11) is 1.85. The molecule has 0 saturated carbocycles. The third kappa shape index (κ3) is 3.07. The zero-order valence-electron chi connectivity index (χ0n) is 23.1. The molecule has 4 atom stereocenters. The number of ketones is 1. The second-order valence-corrected chi connectivity index (χ2v) is 12.7. The number of hydrogen-bond donors (Lipinski definition) is 0. The van der Waals surface area contributed by atoms with Crippen LogP contribution in [0.3, 0.4) is 0 Å². The van der Waals surface area contributed by atoms with Crippen molar-refractivity contribution in [3.63, 3.8) is 0 Å². The molecule has 0 radical (unpaired) electrons. The highest BCUT2D eigenvalue weighted by Gasteiger charge is 2.80. The van der Waals surface area contributed by atoms with Crippen LogP contribution < -0.4 is 4.90 Å². The van der Waals surface area contributed by atoms with Gasteiger partial charge in [-0.25, -0.2) is 0 Å². The molecule has 0 bridgehead atoms. The van der Waals surface area contributed by atoms with Crippen LogP contribution in [0.15, 0.2) is 97.1 Å². The number of carbonyl (C=O) groups excluding carboxylic acids is 2. The highest BCUT2D eigenvalue weighted by Crippen LogP contribution is 2.71. The van der Waals surface area contributed by atoms with Gasteiger partial charge < -0.3 is 4.90 Å². The molecule has 8 rings (SSSR count). The van der Waals surface area contributed by atoms with Crippen molar-refractivity contribution in [2.24, 2.45) is 0 Å². The number of Topliss-reactive ketones (excluding diaryl/α,β-unsaturated/α-hetero) is 1. The summed E-state index contributed by atoms with van der Waals surface area (Å²) in [5.41, 5.74) is 3.77. The van der Waals surface area contributed by atoms with E-state index in [0.29, 0.717) is 15.6 Å². The van der Waals surface area contributed by atoms with E-state index in [2.05, 4.69) is 29.2 Å². The first kappa shape index (κ1) is 26.0. The van der Waals surface area contributed by atoms with E-state index in [9.17, 15) is 0 Å². The quantitative estimate of drug-likeness (QED) is 0.227. The van der Waals surface area contributed by atoms with Gasteiger partial charge in [0.15, 0.2) is 5.78 Å². The molecular formula is C36H28Cl2N2O2. The van der Waals surface area contributed by atoms with Crippen LogP contribution in [0.25, 0.3) is 11.6 Å². The van der Waals surface area contributed by atoms with Gasteiger partial charge in [-0.3, -0.25) is 14.5 Å². The van der Waals surface area contributed by atoms with Crippen LogP contribution in [-0.2, 0) is 20.5 Å². The Morgan fingerprint density at radius 3 is 2.19 bits per heavy atom. The predicted octanol–water partition coefficient (Wildman–Crippen LogP) is 7.49. The molecule has 2 fully saturated rings. The molecule has 4 aromatic rings. The fourth-order valence-corrected chi connectivity index (χ4v) is 8.94. The highest BCUT2D eigenvalue weighted by atomic mass is 35.5. The molecule has 0 unspecified atom stereocenters. The molecule has 4 aliphatic rings. The summed E-state index contributed by atoms with van der Waals surface area (Å²) in [4.78, 5) is 34.9. The monoisotopic (exact) mass is 590 g/mol. The van der Waals surface area contributed by atoms with E-state index in [0.717, 1.165) is 52.9 Å². The van der Waals surface area contributed by atoms with Gasteiger partial charge in [0.25, 0.3) is 5.91 Å². The molecule has 1 amide bonds. The fraction of sp³-hybridized carbons (Fsp3) is 0.222. The van der Waals surface area contributed by atoms with E-state index in [1.807, 2.05) is 85.9 Å². The minimum atomic E-state index is -1.19. The molecule has 3 aliphatic heterocycles. The van der Waals surface area contributed by atoms with Crippen LogP contribution in [0.5, 0.6) is 0 Å². The van der Waals surface area contributed by atoms with E-state index in [1.54, 1.807) is 4.90 Å². The number of hydrogen-bond acceptors (Lipinski definition) is 3. The first-order valence-electron chi connectivity index (χ1n) is 14.4. The van der Waals surface area contributed by atoms with Crippen molar-refractivity contribution in [2.75, 3.05) is 18.5 Å². The zero-order valence-corrected chi connectivity index (χ0v) is 24.6. The summed E-state index contributed by atoms with van der Waals surface area (Å²) in [6, 6.07) is 31.6. The summed E-state index contributed by atoms with van der Waals surface area (Å²) in [6.45, 7) is 0.746. The van der Waals surface area contributed by atoms with E-state index in [4.69, 9.17) is 23.2 Å². The van der Waals surface area contributed by atoms with Crippen molar-refractivity contribution in [2.45, 2.75) is 35.8 Å². The van der Waals surface area contributed by atoms with Gasteiger partial charge in [-0.15, -0.1) is 0 Å². The van der Waals surface area contributed by atoms with Gasteiger partial charge in [0.05, 0.1) is 5.41 Å². The van der Waals surface area contributed by atoms with Crippen LogP contribution >= 0.6 is 23.2 Å². The van der Waals surface area contributed by atoms with Gasteiger partial charge in [0.1, 0.15) is 5.54 Å². The Labute approximate surface area is 255 Å². The zero-order chi connectivity index (χ0) is 28.8. The number of halogens is 2. The lowest BCUT2D eigenvalue weighted by Gasteiger charge is -2.45. The summed E-state index contributed by atoms with van der Waals surface area (Å²) in [6.07, 6.45) is 3.84. The van der Waals surface area contributed by atoms with Gasteiger partial charge >= 0.3 is 0 Å². The molecule has 3 heterocycles. The average molecular weight is 592 g/mol. The Morgan fingerprint density at radius 2 is 1.45 bits per heavy atom. The number of carbonyl (C=O) groups is 2. The van der Waals surface area contributed by atoms with Crippen LogP contribution in [0.2, 0.25) is 10.0 Å². The van der Waals surface area contributed by atoms with Crippen molar-refractivity contribution < 1.29 is 9.59 Å². The maximum absolute atomic E-state index is 15.6. The number of anilines is 1. The lowest BCUT2D eigenvalue weighted by atomic mass is 9.56. The molecule has 6 heteroatoms. The maximum Gasteiger partial charge on any atom is 0.253 e. The molecular weight excluding hydrogens is 563 g/mol. The molecule has 2 saturated heterocycles. The Bertz CT molecular complexity index is 1820. The van der Waals surface area contributed by atoms with Gasteiger partial charge in [-0.1, -0.05) is 89.9 Å². The topological polar surface area (TPSA) is 40.6 Å². The van der Waals surface area contributed by atoms with Gasteiger partial charge in [-0.2, -0.15) is 0 Å². The van der Waals surface area contributed by atoms with Gasteiger partial charge in [-0.05, 0) is 78.0 Å². The second kappa shape index (κ2) is 9.15. The molecule has 0 N–H and O–H groups in total. The number of likely N-dealkylation sites (N-methyl/N-ethyl adjacent to an activating group) is 1.